The van der Waals surface area contributed by atoms with Crippen molar-refractivity contribution in [1.82, 2.24) is 0 Å². The number of imide groups is 1. The molecule has 0 N–H and O–H groups in total. The summed E-state index contributed by atoms with van der Waals surface area (Å²) in [6.07, 6.45) is 3.35. The molecule has 19 heavy (non-hydrogen) atoms. The molecule has 2 saturated heterocycles. The molecule has 1 aromatic rings. The maximum absolute atomic E-state index is 12.5. The van der Waals surface area contributed by atoms with Gasteiger partial charge in [0.15, 0.2) is 0 Å². The van der Waals surface area contributed by atoms with Gasteiger partial charge in [-0.15, -0.1) is 0 Å². The summed E-state index contributed by atoms with van der Waals surface area (Å²) in [5.41, 5.74) is 0.687. The lowest BCUT2D eigenvalue weighted by Gasteiger charge is -2.18. The van der Waals surface area contributed by atoms with Crippen LogP contribution in [0.3, 0.4) is 0 Å². The largest absolute Gasteiger partial charge is 0.365 e. The van der Waals surface area contributed by atoms with E-state index in [0.29, 0.717) is 5.69 Å². The van der Waals surface area contributed by atoms with Crippen molar-refractivity contribution >= 4 is 40.1 Å². The van der Waals surface area contributed by atoms with Crippen molar-refractivity contribution in [2.45, 2.75) is 12.2 Å². The minimum absolute atomic E-state index is 0.129. The number of rotatable bonds is 1. The molecule has 2 amide bonds. The smallest absolute Gasteiger partial charge is 0.240 e. The number of halogens is 1. The number of fused-ring (bicyclic) bond motifs is 5. The summed E-state index contributed by atoms with van der Waals surface area (Å²) in [6.45, 7) is 0. The highest BCUT2D eigenvalue weighted by molar-refractivity contribution is 14.1. The average molecular weight is 367 g/mol. The molecule has 0 spiro atoms. The Bertz CT molecular complexity index is 597. The number of hydrogen-bond acceptors (Lipinski definition) is 3. The Morgan fingerprint density at radius 2 is 1.58 bits per heavy atom. The molecule has 3 heterocycles. The van der Waals surface area contributed by atoms with Crippen LogP contribution in [0, 0.1) is 15.4 Å². The molecule has 3 aliphatic rings. The van der Waals surface area contributed by atoms with Crippen molar-refractivity contribution in [3.05, 3.63) is 40.0 Å². The van der Waals surface area contributed by atoms with Crippen molar-refractivity contribution in [1.29, 1.82) is 0 Å². The van der Waals surface area contributed by atoms with Crippen LogP contribution in [0.4, 0.5) is 5.69 Å². The predicted octanol–water partition coefficient (Wildman–Crippen LogP) is 1.73. The normalized spacial score (nSPS) is 35.3. The van der Waals surface area contributed by atoms with Gasteiger partial charge in [0.25, 0.3) is 0 Å². The van der Waals surface area contributed by atoms with Crippen LogP contribution in [0.5, 0.6) is 0 Å². The Labute approximate surface area is 123 Å². The van der Waals surface area contributed by atoms with Crippen LogP contribution in [0.1, 0.15) is 0 Å². The van der Waals surface area contributed by atoms with E-state index in [2.05, 4.69) is 22.6 Å². The molecular formula is C14H10INO3. The van der Waals surface area contributed by atoms with E-state index in [1.165, 1.54) is 4.90 Å². The molecule has 2 fully saturated rings. The molecule has 0 radical (unpaired) electrons. The van der Waals surface area contributed by atoms with Crippen molar-refractivity contribution < 1.29 is 14.3 Å². The summed E-state index contributed by atoms with van der Waals surface area (Å²) in [6, 6.07) is 7.45. The van der Waals surface area contributed by atoms with E-state index in [9.17, 15) is 9.59 Å². The van der Waals surface area contributed by atoms with Gasteiger partial charge >= 0.3 is 0 Å². The quantitative estimate of drug-likeness (QED) is 0.432. The van der Waals surface area contributed by atoms with E-state index in [1.54, 1.807) is 0 Å². The molecular weight excluding hydrogens is 357 g/mol. The van der Waals surface area contributed by atoms with Crippen LogP contribution >= 0.6 is 22.6 Å². The first kappa shape index (κ1) is 11.6. The maximum Gasteiger partial charge on any atom is 0.240 e. The second-order valence-corrected chi connectivity index (χ2v) is 6.13. The van der Waals surface area contributed by atoms with Crippen LogP contribution in [-0.4, -0.2) is 24.0 Å². The molecule has 0 aromatic heterocycles. The molecule has 96 valence electrons. The lowest BCUT2D eigenvalue weighted by Crippen LogP contribution is -2.34. The van der Waals surface area contributed by atoms with Gasteiger partial charge in [-0.1, -0.05) is 24.3 Å². The van der Waals surface area contributed by atoms with Crippen LogP contribution in [-0.2, 0) is 14.3 Å². The fraction of sp³-hybridized carbons (Fsp3) is 0.286. The van der Waals surface area contributed by atoms with Crippen LogP contribution in [0.15, 0.2) is 36.4 Å². The van der Waals surface area contributed by atoms with Gasteiger partial charge in [0.1, 0.15) is 0 Å². The van der Waals surface area contributed by atoms with Crippen LogP contribution in [0.25, 0.3) is 0 Å². The Morgan fingerprint density at radius 3 is 2.16 bits per heavy atom. The Kier molecular flexibility index (Phi) is 2.38. The summed E-state index contributed by atoms with van der Waals surface area (Å²) < 4.78 is 6.52. The van der Waals surface area contributed by atoms with E-state index in [0.717, 1.165) is 3.57 Å². The molecule has 4 rings (SSSR count). The average Bonchev–Trinajstić information content (AvgIpc) is 3.06. The molecule has 0 unspecified atom stereocenters. The zero-order valence-corrected chi connectivity index (χ0v) is 12.0. The highest BCUT2D eigenvalue weighted by Gasteiger charge is 2.61. The highest BCUT2D eigenvalue weighted by Crippen LogP contribution is 2.46. The van der Waals surface area contributed by atoms with Gasteiger partial charge in [0, 0.05) is 3.57 Å². The first-order chi connectivity index (χ1) is 9.18. The number of amides is 2. The fourth-order valence-electron chi connectivity index (χ4n) is 3.17. The van der Waals surface area contributed by atoms with Gasteiger partial charge < -0.3 is 4.74 Å². The summed E-state index contributed by atoms with van der Waals surface area (Å²) in [4.78, 5) is 26.4. The topological polar surface area (TPSA) is 46.6 Å². The van der Waals surface area contributed by atoms with E-state index >= 15 is 0 Å². The SMILES string of the molecule is O=C1[C@@H]2[C@H](C(=O)N1c1ccccc1I)[C@H]1C=C[C@H]2O1. The van der Waals surface area contributed by atoms with Gasteiger partial charge in [-0.3, -0.25) is 9.59 Å². The number of nitrogens with zero attached hydrogens (tertiary/aromatic N) is 1. The molecule has 0 saturated carbocycles. The van der Waals surface area contributed by atoms with Gasteiger partial charge in [-0.25, -0.2) is 4.90 Å². The summed E-state index contributed by atoms with van der Waals surface area (Å²) in [5, 5.41) is 0. The third-order valence-electron chi connectivity index (χ3n) is 4.00. The minimum atomic E-state index is -0.335. The van der Waals surface area contributed by atoms with Crippen molar-refractivity contribution in [2.75, 3.05) is 4.90 Å². The fourth-order valence-corrected chi connectivity index (χ4v) is 3.80. The first-order valence-corrected chi connectivity index (χ1v) is 7.22. The third-order valence-corrected chi connectivity index (χ3v) is 4.92. The monoisotopic (exact) mass is 367 g/mol. The second kappa shape index (κ2) is 3.89. The number of para-hydroxylation sites is 1. The zero-order chi connectivity index (χ0) is 13.1. The van der Waals surface area contributed by atoms with Crippen molar-refractivity contribution in [3.63, 3.8) is 0 Å². The van der Waals surface area contributed by atoms with Gasteiger partial charge in [-0.2, -0.15) is 0 Å². The molecule has 1 aromatic carbocycles. The maximum atomic E-state index is 12.5. The van der Waals surface area contributed by atoms with Gasteiger partial charge in [0.05, 0.1) is 29.7 Å². The number of benzene rings is 1. The third kappa shape index (κ3) is 1.42. The minimum Gasteiger partial charge on any atom is -0.365 e. The van der Waals surface area contributed by atoms with Gasteiger partial charge in [-0.05, 0) is 34.7 Å². The van der Waals surface area contributed by atoms with E-state index in [4.69, 9.17) is 4.74 Å². The zero-order valence-electron chi connectivity index (χ0n) is 9.82. The Hall–Kier alpha value is -1.21. The molecule has 4 nitrogen and oxygen atoms in total. The Morgan fingerprint density at radius 1 is 1.00 bits per heavy atom. The summed E-state index contributed by atoms with van der Waals surface area (Å²) >= 11 is 2.15. The van der Waals surface area contributed by atoms with Crippen LogP contribution < -0.4 is 4.90 Å². The lowest BCUT2D eigenvalue weighted by molar-refractivity contribution is -0.124. The number of ether oxygens (including phenoxy) is 1. The van der Waals surface area contributed by atoms with Crippen molar-refractivity contribution in [3.8, 4) is 0 Å². The van der Waals surface area contributed by atoms with Gasteiger partial charge in [0.2, 0.25) is 11.8 Å². The molecule has 0 aliphatic carbocycles. The molecule has 3 aliphatic heterocycles. The van der Waals surface area contributed by atoms with E-state index in [-0.39, 0.29) is 35.9 Å². The lowest BCUT2D eigenvalue weighted by atomic mass is 9.85. The first-order valence-electron chi connectivity index (χ1n) is 6.14. The number of carbonyl (C=O) groups excluding carboxylic acids is 2. The van der Waals surface area contributed by atoms with E-state index < -0.39 is 0 Å². The molecule has 5 heteroatoms. The molecule has 2 bridgehead atoms. The number of anilines is 1. The number of hydrogen-bond donors (Lipinski definition) is 0. The molecule has 4 atom stereocenters. The second-order valence-electron chi connectivity index (χ2n) is 4.97. The predicted molar refractivity (Wildman–Crippen MR) is 76.4 cm³/mol. The van der Waals surface area contributed by atoms with E-state index in [1.807, 2.05) is 36.4 Å². The standard InChI is InChI=1S/C14H10INO3/c15-7-3-1-2-4-8(7)16-13(17)11-9-5-6-10(19-9)12(11)14(16)18/h1-6,9-12H/t9-,10-,11-,12+/m1/s1. The highest BCUT2D eigenvalue weighted by atomic mass is 127. The summed E-state index contributed by atoms with van der Waals surface area (Å²) in [5.74, 6) is -0.927. The van der Waals surface area contributed by atoms with Crippen LogP contribution in [0.2, 0.25) is 0 Å². The Balaban J connectivity index is 1.79. The van der Waals surface area contributed by atoms with Crippen molar-refractivity contribution in [2.24, 2.45) is 11.8 Å². The number of carbonyl (C=O) groups is 2. The summed E-state index contributed by atoms with van der Waals surface area (Å²) in [7, 11) is 0.